The summed E-state index contributed by atoms with van der Waals surface area (Å²) in [5.74, 6) is 1.73. The van der Waals surface area contributed by atoms with Crippen LogP contribution in [-0.2, 0) is 11.3 Å². The van der Waals surface area contributed by atoms with Crippen LogP contribution in [0.2, 0.25) is 0 Å². The van der Waals surface area contributed by atoms with Gasteiger partial charge in [-0.2, -0.15) is 0 Å². The van der Waals surface area contributed by atoms with E-state index in [4.69, 9.17) is 14.2 Å². The molecule has 0 atom stereocenters. The SMILES string of the molecule is Cl.Cl.c1cc2c(cc1CNCCCN1CCOCC1)OCCO2. The standard InChI is InChI=1S/C16H24N2O3.2ClH/c1(5-18-6-8-19-9-7-18)4-17-13-14-2-3-15-16(12-14)21-11-10-20-15;;/h2-3,12,17H,1,4-11,13H2;2*1H. The van der Waals surface area contributed by atoms with Gasteiger partial charge in [0, 0.05) is 19.6 Å². The quantitative estimate of drug-likeness (QED) is 0.783. The summed E-state index contributed by atoms with van der Waals surface area (Å²) in [6.07, 6.45) is 1.17. The van der Waals surface area contributed by atoms with Crippen molar-refractivity contribution in [2.45, 2.75) is 13.0 Å². The van der Waals surface area contributed by atoms with E-state index in [1.54, 1.807) is 0 Å². The van der Waals surface area contributed by atoms with E-state index in [2.05, 4.69) is 22.3 Å². The second kappa shape index (κ2) is 10.9. The maximum atomic E-state index is 5.60. The molecule has 0 aromatic heterocycles. The van der Waals surface area contributed by atoms with Crippen molar-refractivity contribution < 1.29 is 14.2 Å². The van der Waals surface area contributed by atoms with Crippen molar-refractivity contribution in [3.05, 3.63) is 23.8 Å². The molecule has 2 aliphatic heterocycles. The molecule has 0 bridgehead atoms. The number of morpholine rings is 1. The fourth-order valence-corrected chi connectivity index (χ4v) is 2.68. The number of nitrogens with zero attached hydrogens (tertiary/aromatic N) is 1. The molecule has 1 N–H and O–H groups in total. The zero-order valence-corrected chi connectivity index (χ0v) is 14.9. The summed E-state index contributed by atoms with van der Waals surface area (Å²) < 4.78 is 16.5. The van der Waals surface area contributed by atoms with Gasteiger partial charge in [0.15, 0.2) is 11.5 Å². The number of ether oxygens (including phenoxy) is 3. The summed E-state index contributed by atoms with van der Waals surface area (Å²) in [5.41, 5.74) is 1.24. The predicted molar refractivity (Wildman–Crippen MR) is 95.5 cm³/mol. The lowest BCUT2D eigenvalue weighted by Crippen LogP contribution is -2.37. The molecule has 0 saturated carbocycles. The largest absolute Gasteiger partial charge is 0.486 e. The molecule has 0 spiro atoms. The van der Waals surface area contributed by atoms with Crippen LogP contribution in [0.4, 0.5) is 0 Å². The summed E-state index contributed by atoms with van der Waals surface area (Å²) in [6, 6.07) is 6.17. The topological polar surface area (TPSA) is 43.0 Å². The van der Waals surface area contributed by atoms with Gasteiger partial charge in [0.25, 0.3) is 0 Å². The molecule has 2 heterocycles. The lowest BCUT2D eigenvalue weighted by Gasteiger charge is -2.26. The monoisotopic (exact) mass is 364 g/mol. The predicted octanol–water partition coefficient (Wildman–Crippen LogP) is 2.11. The fourth-order valence-electron chi connectivity index (χ4n) is 2.68. The van der Waals surface area contributed by atoms with Crippen molar-refractivity contribution in [3.63, 3.8) is 0 Å². The first kappa shape index (κ1) is 20.3. The molecule has 132 valence electrons. The van der Waals surface area contributed by atoms with Crippen molar-refractivity contribution in [2.75, 3.05) is 52.6 Å². The minimum Gasteiger partial charge on any atom is -0.486 e. The van der Waals surface area contributed by atoms with E-state index < -0.39 is 0 Å². The van der Waals surface area contributed by atoms with Crippen LogP contribution in [-0.4, -0.2) is 57.5 Å². The Bertz CT molecular complexity index is 457. The van der Waals surface area contributed by atoms with Crippen LogP contribution in [0, 0.1) is 0 Å². The van der Waals surface area contributed by atoms with Crippen molar-refractivity contribution >= 4 is 24.8 Å². The molecular weight excluding hydrogens is 339 g/mol. The Labute approximate surface area is 150 Å². The molecule has 3 rings (SSSR count). The summed E-state index contributed by atoms with van der Waals surface area (Å²) in [4.78, 5) is 2.47. The summed E-state index contributed by atoms with van der Waals surface area (Å²) >= 11 is 0. The minimum atomic E-state index is 0. The first-order valence-electron chi connectivity index (χ1n) is 7.81. The average Bonchev–Trinajstić information content (AvgIpc) is 2.55. The summed E-state index contributed by atoms with van der Waals surface area (Å²) in [5, 5.41) is 3.49. The normalized spacial score (nSPS) is 17.0. The van der Waals surface area contributed by atoms with Gasteiger partial charge in [-0.25, -0.2) is 0 Å². The zero-order valence-electron chi connectivity index (χ0n) is 13.3. The first-order valence-corrected chi connectivity index (χ1v) is 7.81. The molecule has 5 nitrogen and oxygen atoms in total. The number of nitrogens with one attached hydrogen (secondary N) is 1. The first-order chi connectivity index (χ1) is 10.4. The summed E-state index contributed by atoms with van der Waals surface area (Å²) in [7, 11) is 0. The van der Waals surface area contributed by atoms with Gasteiger partial charge in [0.05, 0.1) is 13.2 Å². The molecule has 7 heteroatoms. The Balaban J connectivity index is 0.00000132. The van der Waals surface area contributed by atoms with Crippen LogP contribution in [0.15, 0.2) is 18.2 Å². The lowest BCUT2D eigenvalue weighted by molar-refractivity contribution is 0.0374. The molecule has 0 unspecified atom stereocenters. The van der Waals surface area contributed by atoms with Crippen LogP contribution >= 0.6 is 24.8 Å². The van der Waals surface area contributed by atoms with Crippen LogP contribution in [0.25, 0.3) is 0 Å². The molecule has 1 saturated heterocycles. The van der Waals surface area contributed by atoms with Crippen molar-refractivity contribution in [1.82, 2.24) is 10.2 Å². The van der Waals surface area contributed by atoms with E-state index in [9.17, 15) is 0 Å². The Morgan fingerprint density at radius 3 is 2.48 bits per heavy atom. The third-order valence-corrected chi connectivity index (χ3v) is 3.87. The van der Waals surface area contributed by atoms with Crippen LogP contribution in [0.3, 0.4) is 0 Å². The molecule has 0 amide bonds. The molecule has 23 heavy (non-hydrogen) atoms. The van der Waals surface area contributed by atoms with Gasteiger partial charge in [-0.1, -0.05) is 6.07 Å². The molecule has 1 fully saturated rings. The Kier molecular flexibility index (Phi) is 9.67. The minimum absolute atomic E-state index is 0. The second-order valence-electron chi connectivity index (χ2n) is 5.46. The fraction of sp³-hybridized carbons (Fsp3) is 0.625. The van der Waals surface area contributed by atoms with Gasteiger partial charge in [-0.05, 0) is 37.2 Å². The van der Waals surface area contributed by atoms with Crippen molar-refractivity contribution in [3.8, 4) is 11.5 Å². The van der Waals surface area contributed by atoms with Gasteiger partial charge in [-0.15, -0.1) is 24.8 Å². The molecular formula is C16H26Cl2N2O3. The van der Waals surface area contributed by atoms with Crippen LogP contribution in [0.5, 0.6) is 11.5 Å². The Morgan fingerprint density at radius 1 is 0.957 bits per heavy atom. The number of hydrogen-bond donors (Lipinski definition) is 1. The van der Waals surface area contributed by atoms with Crippen molar-refractivity contribution in [1.29, 1.82) is 0 Å². The number of benzene rings is 1. The number of halogens is 2. The van der Waals surface area contributed by atoms with Gasteiger partial charge >= 0.3 is 0 Å². The van der Waals surface area contributed by atoms with Crippen LogP contribution < -0.4 is 14.8 Å². The maximum Gasteiger partial charge on any atom is 0.161 e. The highest BCUT2D eigenvalue weighted by Crippen LogP contribution is 2.30. The van der Waals surface area contributed by atoms with E-state index in [1.165, 1.54) is 12.0 Å². The second-order valence-corrected chi connectivity index (χ2v) is 5.46. The molecule has 0 aliphatic carbocycles. The molecule has 2 aliphatic rings. The zero-order chi connectivity index (χ0) is 14.3. The Morgan fingerprint density at radius 2 is 1.70 bits per heavy atom. The third kappa shape index (κ3) is 6.36. The van der Waals surface area contributed by atoms with Crippen LogP contribution in [0.1, 0.15) is 12.0 Å². The van der Waals surface area contributed by atoms with E-state index in [1.807, 2.05) is 6.07 Å². The average molecular weight is 365 g/mol. The number of rotatable bonds is 6. The molecule has 1 aromatic rings. The highest BCUT2D eigenvalue weighted by atomic mass is 35.5. The molecule has 1 aromatic carbocycles. The molecule has 0 radical (unpaired) electrons. The smallest absolute Gasteiger partial charge is 0.161 e. The van der Waals surface area contributed by atoms with E-state index >= 15 is 0 Å². The van der Waals surface area contributed by atoms with Gasteiger partial charge in [-0.3, -0.25) is 4.90 Å². The van der Waals surface area contributed by atoms with Gasteiger partial charge in [0.2, 0.25) is 0 Å². The number of fused-ring (bicyclic) bond motifs is 1. The van der Waals surface area contributed by atoms with E-state index in [0.29, 0.717) is 13.2 Å². The maximum absolute atomic E-state index is 5.60. The lowest BCUT2D eigenvalue weighted by atomic mass is 10.2. The van der Waals surface area contributed by atoms with Crippen molar-refractivity contribution in [2.24, 2.45) is 0 Å². The number of hydrogen-bond acceptors (Lipinski definition) is 5. The Hall–Kier alpha value is -0.720. The van der Waals surface area contributed by atoms with E-state index in [0.717, 1.165) is 57.4 Å². The highest BCUT2D eigenvalue weighted by Gasteiger charge is 2.11. The van der Waals surface area contributed by atoms with Gasteiger partial charge < -0.3 is 19.5 Å². The summed E-state index contributed by atoms with van der Waals surface area (Å²) in [6.45, 7) is 8.25. The van der Waals surface area contributed by atoms with Gasteiger partial charge in [0.1, 0.15) is 13.2 Å². The van der Waals surface area contributed by atoms with E-state index in [-0.39, 0.29) is 24.8 Å². The highest BCUT2D eigenvalue weighted by molar-refractivity contribution is 5.85. The third-order valence-electron chi connectivity index (χ3n) is 3.87.